The third kappa shape index (κ3) is 6.92. The van der Waals surface area contributed by atoms with Crippen molar-refractivity contribution in [1.29, 1.82) is 0 Å². The molecule has 1 spiro atoms. The number of alkyl carbamates (subject to hydrolysis) is 1. The maximum absolute atomic E-state index is 14.8. The first kappa shape index (κ1) is 46.6. The Morgan fingerprint density at radius 3 is 2.19 bits per heavy atom. The Morgan fingerprint density at radius 2 is 1.65 bits per heavy atom. The number of esters is 4. The van der Waals surface area contributed by atoms with Gasteiger partial charge in [-0.3, -0.25) is 9.59 Å². The summed E-state index contributed by atoms with van der Waals surface area (Å²) < 4.78 is 51.3. The van der Waals surface area contributed by atoms with Gasteiger partial charge in [-0.05, 0) is 83.2 Å². The van der Waals surface area contributed by atoms with Gasteiger partial charge in [0, 0.05) is 38.5 Å². The van der Waals surface area contributed by atoms with E-state index in [9.17, 15) is 34.2 Å². The Balaban J connectivity index is 1.46. The molecule has 0 bridgehead atoms. The average Bonchev–Trinajstić information content (AvgIpc) is 3.76. The summed E-state index contributed by atoms with van der Waals surface area (Å²) in [5.74, 6) is -3.25. The number of fused-ring (bicyclic) bond motifs is 3. The van der Waals surface area contributed by atoms with Gasteiger partial charge in [-0.25, -0.2) is 14.4 Å². The normalized spacial score (nSPS) is 37.2. The number of ether oxygens (including phenoxy) is 8. The molecule has 2 saturated heterocycles. The molecule has 13 atom stereocenters. The summed E-state index contributed by atoms with van der Waals surface area (Å²) in [4.78, 5) is 68.9. The van der Waals surface area contributed by atoms with Gasteiger partial charge in [0.1, 0.15) is 29.5 Å². The molecule has 16 heteroatoms. The largest absolute Gasteiger partial charge is 0.456 e. The van der Waals surface area contributed by atoms with Gasteiger partial charge in [-0.2, -0.15) is 0 Å². The van der Waals surface area contributed by atoms with Crippen molar-refractivity contribution in [2.24, 2.45) is 22.2 Å². The monoisotopic (exact) mass is 881 g/mol. The molecule has 2 aliphatic heterocycles. The second-order valence-electron chi connectivity index (χ2n) is 20.3. The third-order valence-corrected chi connectivity index (χ3v) is 14.6. The van der Waals surface area contributed by atoms with E-state index in [4.69, 9.17) is 37.9 Å². The third-order valence-electron chi connectivity index (χ3n) is 14.6. The van der Waals surface area contributed by atoms with Gasteiger partial charge in [-0.1, -0.05) is 45.5 Å². The Morgan fingerprint density at radius 1 is 0.984 bits per heavy atom. The molecule has 1 aromatic rings. The van der Waals surface area contributed by atoms with Crippen LogP contribution in [0, 0.1) is 22.2 Å². The van der Waals surface area contributed by atoms with Crippen molar-refractivity contribution in [1.82, 2.24) is 5.32 Å². The van der Waals surface area contributed by atoms with Crippen LogP contribution in [0.4, 0.5) is 4.79 Å². The Bertz CT molecular complexity index is 2070. The van der Waals surface area contributed by atoms with E-state index in [1.807, 2.05) is 20.8 Å². The minimum Gasteiger partial charge on any atom is -0.456 e. The van der Waals surface area contributed by atoms with Crippen molar-refractivity contribution in [3.05, 3.63) is 59.7 Å². The molecule has 1 aromatic carbocycles. The second-order valence-corrected chi connectivity index (χ2v) is 20.3. The molecular formula is C47H63NO15. The fraction of sp³-hybridized carbons (Fsp3) is 0.681. The standard InChI is InChI=1S/C47H63NO15/c1-13-33-59-31-20-32-45(23-56-32,61-27(6)50)46-22-47(46,62-38(52)28-17-15-14-16-18-28)44(42(10,11)55)21-30(25(4)34(44)36(57-26(5)49)37(60-33)43(31,46)12)58-39(53)35(51)29(19-24(2)3)48-40(54)63-41(7,8)9/h13-18,24,29-33,35-37,51,55H,1,19-23H2,2-12H3,(H,48,54)/t29-,30-,31-,32+,33?,35+,36-,37-,43-,44+,45-,46-,47?/m0/s1. The van der Waals surface area contributed by atoms with Crippen molar-refractivity contribution in [3.63, 3.8) is 0 Å². The maximum atomic E-state index is 14.8. The molecule has 3 N–H and O–H groups in total. The molecule has 6 aliphatic rings. The highest BCUT2D eigenvalue weighted by Gasteiger charge is 3.00. The Kier molecular flexibility index (Phi) is 11.6. The SMILES string of the molecule is C=CC1O[C@H]2C[C@H]3OC[C@@]3(OC(C)=O)[C@@]34CC3(OC(=O)c3ccccc3)[C@]3(C(C)(C)O)C[C@H](OC(=O)[C@H](O)[C@H](CC(C)C)NC(=O)OC(C)(C)C)C(C)=C3[C@H](OC(C)=O)[C@H](O1)[C@]24C. The molecule has 63 heavy (non-hydrogen) atoms. The predicted octanol–water partition coefficient (Wildman–Crippen LogP) is 5.01. The summed E-state index contributed by atoms with van der Waals surface area (Å²) in [6, 6.07) is 7.19. The van der Waals surface area contributed by atoms with E-state index in [1.54, 1.807) is 71.9 Å². The fourth-order valence-electron chi connectivity index (χ4n) is 12.3. The predicted molar refractivity (Wildman–Crippen MR) is 222 cm³/mol. The average molecular weight is 882 g/mol. The zero-order chi connectivity index (χ0) is 46.5. The van der Waals surface area contributed by atoms with E-state index in [-0.39, 0.29) is 49.3 Å². The quantitative estimate of drug-likeness (QED) is 0.143. The first-order chi connectivity index (χ1) is 29.3. The van der Waals surface area contributed by atoms with Crippen LogP contribution in [0.5, 0.6) is 0 Å². The summed E-state index contributed by atoms with van der Waals surface area (Å²) in [6.07, 6.45) is -7.38. The number of nitrogens with one attached hydrogen (secondary N) is 1. The smallest absolute Gasteiger partial charge is 0.407 e. The molecule has 2 heterocycles. The number of carbonyl (C=O) groups excluding carboxylic acids is 5. The minimum absolute atomic E-state index is 0.0200. The van der Waals surface area contributed by atoms with E-state index in [0.717, 1.165) is 0 Å². The van der Waals surface area contributed by atoms with Crippen LogP contribution in [0.2, 0.25) is 0 Å². The molecule has 3 saturated carbocycles. The van der Waals surface area contributed by atoms with E-state index in [1.165, 1.54) is 19.9 Å². The second kappa shape index (κ2) is 15.7. The highest BCUT2D eigenvalue weighted by Crippen LogP contribution is 2.89. The summed E-state index contributed by atoms with van der Waals surface area (Å²) in [6.45, 7) is 21.8. The molecule has 2 unspecified atom stereocenters. The van der Waals surface area contributed by atoms with Crippen molar-refractivity contribution >= 4 is 30.0 Å². The van der Waals surface area contributed by atoms with Gasteiger partial charge in [-0.15, -0.1) is 0 Å². The number of amides is 1. The van der Waals surface area contributed by atoms with Gasteiger partial charge in [0.15, 0.2) is 24.1 Å². The molecule has 346 valence electrons. The first-order valence-electron chi connectivity index (χ1n) is 21.8. The summed E-state index contributed by atoms with van der Waals surface area (Å²) in [7, 11) is 0. The van der Waals surface area contributed by atoms with Crippen molar-refractivity contribution in [2.45, 2.75) is 173 Å². The number of rotatable bonds is 12. The number of hydrogen-bond donors (Lipinski definition) is 3. The summed E-state index contributed by atoms with van der Waals surface area (Å²) in [5, 5.41) is 27.4. The van der Waals surface area contributed by atoms with Crippen LogP contribution in [-0.4, -0.2) is 118 Å². The lowest BCUT2D eigenvalue weighted by Gasteiger charge is -2.67. The van der Waals surface area contributed by atoms with Gasteiger partial charge in [0.05, 0.1) is 40.7 Å². The van der Waals surface area contributed by atoms with Crippen LogP contribution in [0.15, 0.2) is 54.1 Å². The van der Waals surface area contributed by atoms with Gasteiger partial charge in [0.25, 0.3) is 0 Å². The highest BCUT2D eigenvalue weighted by atomic mass is 16.7. The van der Waals surface area contributed by atoms with E-state index in [2.05, 4.69) is 11.9 Å². The van der Waals surface area contributed by atoms with E-state index < -0.39 is 118 Å². The van der Waals surface area contributed by atoms with Crippen LogP contribution in [0.3, 0.4) is 0 Å². The van der Waals surface area contributed by atoms with Gasteiger partial charge in [0.2, 0.25) is 0 Å². The van der Waals surface area contributed by atoms with E-state index >= 15 is 0 Å². The van der Waals surface area contributed by atoms with Crippen molar-refractivity contribution in [2.75, 3.05) is 6.61 Å². The Labute approximate surface area is 368 Å². The first-order valence-corrected chi connectivity index (χ1v) is 21.8. The minimum atomic E-state index is -1.91. The molecule has 0 radical (unpaired) electrons. The zero-order valence-corrected chi connectivity index (χ0v) is 38.1. The molecular weight excluding hydrogens is 819 g/mol. The number of carbonyl (C=O) groups is 5. The lowest BCUT2D eigenvalue weighted by Crippen LogP contribution is -2.81. The zero-order valence-electron chi connectivity index (χ0n) is 38.1. The number of aliphatic hydroxyl groups excluding tert-OH is 1. The van der Waals surface area contributed by atoms with E-state index in [0.29, 0.717) is 5.57 Å². The molecule has 4 aliphatic carbocycles. The summed E-state index contributed by atoms with van der Waals surface area (Å²) in [5.41, 5.74) is -9.89. The molecule has 16 nitrogen and oxygen atoms in total. The van der Waals surface area contributed by atoms with Gasteiger partial charge < -0.3 is 53.4 Å². The topological polar surface area (TPSA) is 212 Å². The van der Waals surface area contributed by atoms with Crippen LogP contribution in [0.1, 0.15) is 112 Å². The highest BCUT2D eigenvalue weighted by molar-refractivity contribution is 5.90. The van der Waals surface area contributed by atoms with Crippen LogP contribution in [-0.2, 0) is 52.3 Å². The molecule has 7 rings (SSSR count). The molecule has 1 amide bonds. The lowest BCUT2D eigenvalue weighted by atomic mass is 9.48. The Hall–Kier alpha value is -4.35. The number of hydrogen-bond acceptors (Lipinski definition) is 15. The van der Waals surface area contributed by atoms with Crippen LogP contribution < -0.4 is 5.32 Å². The summed E-state index contributed by atoms with van der Waals surface area (Å²) >= 11 is 0. The van der Waals surface area contributed by atoms with Crippen molar-refractivity contribution in [3.8, 4) is 0 Å². The maximum Gasteiger partial charge on any atom is 0.407 e. The molecule has 0 aromatic heterocycles. The van der Waals surface area contributed by atoms with Crippen molar-refractivity contribution < 1.29 is 72.1 Å². The lowest BCUT2D eigenvalue weighted by molar-refractivity contribution is -0.399. The number of benzene rings is 1. The van der Waals surface area contributed by atoms with Crippen LogP contribution >= 0.6 is 0 Å². The van der Waals surface area contributed by atoms with Gasteiger partial charge >= 0.3 is 30.0 Å². The number of aliphatic hydroxyl groups is 2. The van der Waals surface area contributed by atoms with Crippen LogP contribution in [0.25, 0.3) is 0 Å². The fourth-order valence-corrected chi connectivity index (χ4v) is 12.3. The molecule has 5 fully saturated rings.